The first kappa shape index (κ1) is 17.1. The van der Waals surface area contributed by atoms with Crippen LogP contribution in [0.5, 0.6) is 5.88 Å². The van der Waals surface area contributed by atoms with Crippen LogP contribution in [-0.4, -0.2) is 50.0 Å². The largest absolute Gasteiger partial charge is 0.470 e. The fourth-order valence-electron chi connectivity index (χ4n) is 1.47. The number of aromatic nitrogens is 1. The van der Waals surface area contributed by atoms with E-state index >= 15 is 0 Å². The van der Waals surface area contributed by atoms with Gasteiger partial charge in [0.05, 0.1) is 24.7 Å². The van der Waals surface area contributed by atoms with Crippen molar-refractivity contribution in [3.63, 3.8) is 0 Å². The molecule has 8 heteroatoms. The molecule has 0 bridgehead atoms. The van der Waals surface area contributed by atoms with Crippen LogP contribution in [0.2, 0.25) is 0 Å². The highest BCUT2D eigenvalue weighted by molar-refractivity contribution is 5.49. The van der Waals surface area contributed by atoms with Crippen LogP contribution >= 0.6 is 0 Å². The summed E-state index contributed by atoms with van der Waals surface area (Å²) in [6.07, 6.45) is 0.933. The molecule has 1 aromatic heterocycles. The number of hydrogen-bond donors (Lipinski definition) is 1. The maximum atomic E-state index is 10.9. The third-order valence-electron chi connectivity index (χ3n) is 2.49. The predicted octanol–water partition coefficient (Wildman–Crippen LogP) is 1.85. The van der Waals surface area contributed by atoms with Crippen molar-refractivity contribution in [2.45, 2.75) is 13.3 Å². The number of anilines is 1. The van der Waals surface area contributed by atoms with E-state index in [4.69, 9.17) is 14.2 Å². The van der Waals surface area contributed by atoms with Crippen LogP contribution in [0.3, 0.4) is 0 Å². The van der Waals surface area contributed by atoms with Crippen molar-refractivity contribution in [3.8, 4) is 5.88 Å². The summed E-state index contributed by atoms with van der Waals surface area (Å²) >= 11 is 0. The zero-order valence-corrected chi connectivity index (χ0v) is 12.3. The Morgan fingerprint density at radius 2 is 2.05 bits per heavy atom. The summed E-state index contributed by atoms with van der Waals surface area (Å²) in [5, 5.41) is 14.0. The molecule has 118 valence electrons. The van der Waals surface area contributed by atoms with Gasteiger partial charge in [-0.25, -0.2) is 0 Å². The van der Waals surface area contributed by atoms with Gasteiger partial charge < -0.3 is 19.5 Å². The Morgan fingerprint density at radius 3 is 2.71 bits per heavy atom. The number of nitrogens with zero attached hydrogens (tertiary/aromatic N) is 2. The van der Waals surface area contributed by atoms with Crippen molar-refractivity contribution >= 4 is 11.5 Å². The van der Waals surface area contributed by atoms with Gasteiger partial charge in [0.25, 0.3) is 5.88 Å². The van der Waals surface area contributed by atoms with Crippen molar-refractivity contribution in [1.29, 1.82) is 0 Å². The zero-order chi connectivity index (χ0) is 15.5. The lowest BCUT2D eigenvalue weighted by molar-refractivity contribution is -0.386. The van der Waals surface area contributed by atoms with Crippen LogP contribution in [0, 0.1) is 10.1 Å². The highest BCUT2D eigenvalue weighted by atomic mass is 16.6. The first-order valence-corrected chi connectivity index (χ1v) is 6.77. The van der Waals surface area contributed by atoms with Crippen molar-refractivity contribution in [2.24, 2.45) is 0 Å². The summed E-state index contributed by atoms with van der Waals surface area (Å²) in [5.41, 5.74) is -0.158. The molecule has 0 aromatic carbocycles. The minimum Gasteiger partial charge on any atom is -0.470 e. The minimum atomic E-state index is -0.516. The van der Waals surface area contributed by atoms with Crippen molar-refractivity contribution < 1.29 is 19.1 Å². The lowest BCUT2D eigenvalue weighted by Crippen LogP contribution is -2.12. The molecule has 0 aliphatic heterocycles. The lowest BCUT2D eigenvalue weighted by Gasteiger charge is -2.09. The van der Waals surface area contributed by atoms with E-state index in [1.54, 1.807) is 13.2 Å². The van der Waals surface area contributed by atoms with E-state index < -0.39 is 4.92 Å². The Labute approximate surface area is 123 Å². The molecule has 0 fully saturated rings. The van der Waals surface area contributed by atoms with E-state index in [0.717, 1.165) is 13.0 Å². The standard InChI is InChI=1S/C13H21N3O5/c1-3-6-14-12-5-4-11(16(17)18)13(15-12)21-10-9-20-8-7-19-2/h4-5H,3,6-10H2,1-2H3,(H,14,15). The molecular weight excluding hydrogens is 278 g/mol. The molecule has 0 unspecified atom stereocenters. The number of methoxy groups -OCH3 is 1. The molecule has 0 saturated carbocycles. The van der Waals surface area contributed by atoms with E-state index in [2.05, 4.69) is 10.3 Å². The lowest BCUT2D eigenvalue weighted by atomic mass is 10.4. The first-order valence-electron chi connectivity index (χ1n) is 6.77. The smallest absolute Gasteiger partial charge is 0.331 e. The molecule has 0 aliphatic carbocycles. The molecule has 0 aliphatic rings. The van der Waals surface area contributed by atoms with Gasteiger partial charge in [0.1, 0.15) is 12.4 Å². The quantitative estimate of drug-likeness (QED) is 0.378. The van der Waals surface area contributed by atoms with Gasteiger partial charge in [-0.05, 0) is 12.5 Å². The fourth-order valence-corrected chi connectivity index (χ4v) is 1.47. The monoisotopic (exact) mass is 299 g/mol. The molecule has 8 nitrogen and oxygen atoms in total. The molecule has 1 heterocycles. The molecule has 0 saturated heterocycles. The van der Waals surface area contributed by atoms with Gasteiger partial charge in [0.2, 0.25) is 0 Å². The Kier molecular flexibility index (Phi) is 8.07. The number of nitrogens with one attached hydrogen (secondary N) is 1. The average molecular weight is 299 g/mol. The molecule has 1 N–H and O–H groups in total. The van der Waals surface area contributed by atoms with Gasteiger partial charge in [0.15, 0.2) is 0 Å². The maximum absolute atomic E-state index is 10.9. The van der Waals surface area contributed by atoms with E-state index in [1.807, 2.05) is 6.92 Å². The topological polar surface area (TPSA) is 95.8 Å². The molecule has 0 spiro atoms. The highest BCUT2D eigenvalue weighted by Gasteiger charge is 2.17. The Hall–Kier alpha value is -1.93. The van der Waals surface area contributed by atoms with Crippen LogP contribution in [0.1, 0.15) is 13.3 Å². The first-order chi connectivity index (χ1) is 10.2. The van der Waals surface area contributed by atoms with Gasteiger partial charge >= 0.3 is 5.69 Å². The second kappa shape index (κ2) is 9.89. The molecule has 21 heavy (non-hydrogen) atoms. The van der Waals surface area contributed by atoms with Crippen molar-refractivity contribution in [2.75, 3.05) is 45.4 Å². The molecule has 1 rings (SSSR count). The Balaban J connectivity index is 2.57. The molecule has 0 atom stereocenters. The van der Waals surface area contributed by atoms with E-state index in [-0.39, 0.29) is 18.2 Å². The normalized spacial score (nSPS) is 10.4. The van der Waals surface area contributed by atoms with Gasteiger partial charge in [-0.15, -0.1) is 0 Å². The van der Waals surface area contributed by atoms with E-state index in [0.29, 0.717) is 25.6 Å². The second-order valence-electron chi connectivity index (χ2n) is 4.16. The Bertz CT molecular complexity index is 442. The highest BCUT2D eigenvalue weighted by Crippen LogP contribution is 2.26. The summed E-state index contributed by atoms with van der Waals surface area (Å²) in [6, 6.07) is 2.95. The van der Waals surface area contributed by atoms with E-state index in [9.17, 15) is 10.1 Å². The van der Waals surface area contributed by atoms with Crippen molar-refractivity contribution in [3.05, 3.63) is 22.2 Å². The fraction of sp³-hybridized carbons (Fsp3) is 0.615. The summed E-state index contributed by atoms with van der Waals surface area (Å²) in [6.45, 7) is 4.21. The average Bonchev–Trinajstić information content (AvgIpc) is 2.48. The second-order valence-corrected chi connectivity index (χ2v) is 4.16. The minimum absolute atomic E-state index is 0.00329. The summed E-state index contributed by atoms with van der Waals surface area (Å²) < 4.78 is 15.4. The van der Waals surface area contributed by atoms with Crippen LogP contribution in [0.4, 0.5) is 11.5 Å². The van der Waals surface area contributed by atoms with Crippen LogP contribution in [0.15, 0.2) is 12.1 Å². The van der Waals surface area contributed by atoms with Crippen molar-refractivity contribution in [1.82, 2.24) is 4.98 Å². The van der Waals surface area contributed by atoms with Gasteiger partial charge in [-0.1, -0.05) is 6.92 Å². The van der Waals surface area contributed by atoms with Gasteiger partial charge in [-0.2, -0.15) is 4.98 Å². The number of rotatable bonds is 11. The molecule has 1 aromatic rings. The maximum Gasteiger partial charge on any atom is 0.331 e. The summed E-state index contributed by atoms with van der Waals surface area (Å²) in [7, 11) is 1.59. The predicted molar refractivity (Wildman–Crippen MR) is 77.9 cm³/mol. The van der Waals surface area contributed by atoms with Crippen LogP contribution < -0.4 is 10.1 Å². The zero-order valence-electron chi connectivity index (χ0n) is 12.3. The molecule has 0 radical (unpaired) electrons. The SMILES string of the molecule is CCCNc1ccc([N+](=O)[O-])c(OCCOCCOC)n1. The number of pyridine rings is 1. The number of nitro groups is 1. The molecule has 0 amide bonds. The summed E-state index contributed by atoms with van der Waals surface area (Å²) in [4.78, 5) is 14.5. The van der Waals surface area contributed by atoms with Gasteiger partial charge in [0, 0.05) is 19.7 Å². The number of ether oxygens (including phenoxy) is 3. The third-order valence-corrected chi connectivity index (χ3v) is 2.49. The molecular formula is C13H21N3O5. The van der Waals surface area contributed by atoms with Gasteiger partial charge in [-0.3, -0.25) is 10.1 Å². The number of hydrogen-bond acceptors (Lipinski definition) is 7. The van der Waals surface area contributed by atoms with Crippen LogP contribution in [0.25, 0.3) is 0 Å². The summed E-state index contributed by atoms with van der Waals surface area (Å²) in [5.74, 6) is 0.550. The van der Waals surface area contributed by atoms with E-state index in [1.165, 1.54) is 6.07 Å². The van der Waals surface area contributed by atoms with Crippen LogP contribution in [-0.2, 0) is 9.47 Å². The Morgan fingerprint density at radius 1 is 1.29 bits per heavy atom. The third kappa shape index (κ3) is 6.37.